The molecule has 1 atom stereocenters. The van der Waals surface area contributed by atoms with E-state index in [4.69, 9.17) is 4.52 Å². The minimum Gasteiger partial charge on any atom is -0.339 e. The first-order chi connectivity index (χ1) is 11.8. The lowest BCUT2D eigenvalue weighted by molar-refractivity contribution is 0.309. The summed E-state index contributed by atoms with van der Waals surface area (Å²) >= 11 is 3.47. The van der Waals surface area contributed by atoms with Crippen molar-refractivity contribution in [1.82, 2.24) is 20.0 Å². The molecule has 0 saturated carbocycles. The number of likely N-dealkylation sites (tertiary alicyclic amines) is 1. The van der Waals surface area contributed by atoms with Crippen LogP contribution in [-0.2, 0) is 6.54 Å². The molecular weight excluding hydrogens is 368 g/mol. The minimum absolute atomic E-state index is 0.309. The highest BCUT2D eigenvalue weighted by molar-refractivity contribution is 9.10. The van der Waals surface area contributed by atoms with Gasteiger partial charge in [0, 0.05) is 35.5 Å². The molecule has 3 aromatic rings. The molecule has 1 aliphatic heterocycles. The Morgan fingerprint density at radius 2 is 1.92 bits per heavy atom. The minimum atomic E-state index is 0.309. The van der Waals surface area contributed by atoms with Crippen molar-refractivity contribution in [2.45, 2.75) is 18.9 Å². The number of hydrogen-bond donors (Lipinski definition) is 0. The Morgan fingerprint density at radius 1 is 1.12 bits per heavy atom. The van der Waals surface area contributed by atoms with Crippen LogP contribution in [0.5, 0.6) is 0 Å². The zero-order valence-corrected chi connectivity index (χ0v) is 14.7. The Kier molecular flexibility index (Phi) is 4.40. The van der Waals surface area contributed by atoms with Crippen LogP contribution in [0.15, 0.2) is 57.8 Å². The lowest BCUT2D eigenvalue weighted by Gasteiger charge is -2.15. The van der Waals surface area contributed by atoms with Gasteiger partial charge in [0.1, 0.15) is 0 Å². The summed E-state index contributed by atoms with van der Waals surface area (Å²) in [6, 6.07) is 12.3. The Balaban J connectivity index is 1.42. The maximum atomic E-state index is 5.50. The molecule has 0 spiro atoms. The number of rotatable bonds is 4. The fourth-order valence-electron chi connectivity index (χ4n) is 3.05. The summed E-state index contributed by atoms with van der Waals surface area (Å²) in [4.78, 5) is 11.0. The van der Waals surface area contributed by atoms with Crippen LogP contribution in [0.4, 0.5) is 0 Å². The van der Waals surface area contributed by atoms with Gasteiger partial charge in [-0.05, 0) is 42.8 Å². The maximum absolute atomic E-state index is 5.50. The van der Waals surface area contributed by atoms with Gasteiger partial charge in [-0.3, -0.25) is 9.88 Å². The van der Waals surface area contributed by atoms with Gasteiger partial charge >= 0.3 is 0 Å². The average molecular weight is 385 g/mol. The first kappa shape index (κ1) is 15.5. The quantitative estimate of drug-likeness (QED) is 0.682. The van der Waals surface area contributed by atoms with Gasteiger partial charge in [-0.15, -0.1) is 0 Å². The standard InChI is InChI=1S/C18H17BrN4O/c19-16-3-1-13(2-4-16)11-23-10-7-15(12-23)18-21-17(22-24-18)14-5-8-20-9-6-14/h1-6,8-9,15H,7,10-12H2. The van der Waals surface area contributed by atoms with Gasteiger partial charge in [-0.25, -0.2) is 0 Å². The first-order valence-corrected chi connectivity index (χ1v) is 8.78. The van der Waals surface area contributed by atoms with Crippen LogP contribution >= 0.6 is 15.9 Å². The van der Waals surface area contributed by atoms with Crippen molar-refractivity contribution in [2.24, 2.45) is 0 Å². The lowest BCUT2D eigenvalue weighted by atomic mass is 10.1. The van der Waals surface area contributed by atoms with Crippen molar-refractivity contribution in [3.8, 4) is 11.4 Å². The van der Waals surface area contributed by atoms with Crippen molar-refractivity contribution < 1.29 is 4.52 Å². The third kappa shape index (κ3) is 3.39. The van der Waals surface area contributed by atoms with E-state index in [2.05, 4.69) is 60.2 Å². The van der Waals surface area contributed by atoms with Crippen LogP contribution in [0.3, 0.4) is 0 Å². The Morgan fingerprint density at radius 3 is 2.71 bits per heavy atom. The van der Waals surface area contributed by atoms with Crippen LogP contribution in [-0.4, -0.2) is 33.1 Å². The van der Waals surface area contributed by atoms with E-state index in [1.807, 2.05) is 12.1 Å². The maximum Gasteiger partial charge on any atom is 0.231 e. The fourth-order valence-corrected chi connectivity index (χ4v) is 3.31. The number of halogens is 1. The molecule has 24 heavy (non-hydrogen) atoms. The van der Waals surface area contributed by atoms with Gasteiger partial charge in [-0.2, -0.15) is 4.98 Å². The number of aromatic nitrogens is 3. The SMILES string of the molecule is Brc1ccc(CN2CCC(c3nc(-c4ccncc4)no3)C2)cc1. The highest BCUT2D eigenvalue weighted by atomic mass is 79.9. The first-order valence-electron chi connectivity index (χ1n) is 7.99. The second-order valence-corrected chi connectivity index (χ2v) is 6.95. The molecule has 5 nitrogen and oxygen atoms in total. The zero-order chi connectivity index (χ0) is 16.4. The molecule has 1 saturated heterocycles. The van der Waals surface area contributed by atoms with Crippen molar-refractivity contribution in [1.29, 1.82) is 0 Å². The number of benzene rings is 1. The van der Waals surface area contributed by atoms with E-state index in [9.17, 15) is 0 Å². The van der Waals surface area contributed by atoms with Gasteiger partial charge in [0.2, 0.25) is 11.7 Å². The van der Waals surface area contributed by atoms with E-state index in [1.54, 1.807) is 12.4 Å². The van der Waals surface area contributed by atoms with E-state index >= 15 is 0 Å². The molecule has 3 heterocycles. The molecule has 2 aromatic heterocycles. The van der Waals surface area contributed by atoms with Crippen LogP contribution in [0.25, 0.3) is 11.4 Å². The predicted octanol–water partition coefficient (Wildman–Crippen LogP) is 3.88. The van der Waals surface area contributed by atoms with Gasteiger partial charge < -0.3 is 4.52 Å². The van der Waals surface area contributed by atoms with E-state index in [1.165, 1.54) is 5.56 Å². The van der Waals surface area contributed by atoms with Crippen LogP contribution < -0.4 is 0 Å². The number of pyridine rings is 1. The third-order valence-corrected chi connectivity index (χ3v) is 4.85. The highest BCUT2D eigenvalue weighted by Crippen LogP contribution is 2.28. The lowest BCUT2D eigenvalue weighted by Crippen LogP contribution is -2.19. The summed E-state index contributed by atoms with van der Waals surface area (Å²) in [5, 5.41) is 4.11. The normalized spacial score (nSPS) is 18.1. The molecule has 0 bridgehead atoms. The Bertz CT molecular complexity index is 803. The Hall–Kier alpha value is -2.05. The zero-order valence-electron chi connectivity index (χ0n) is 13.1. The van der Waals surface area contributed by atoms with E-state index < -0.39 is 0 Å². The van der Waals surface area contributed by atoms with Crippen LogP contribution in [0.1, 0.15) is 23.8 Å². The number of nitrogens with zero attached hydrogens (tertiary/aromatic N) is 4. The van der Waals surface area contributed by atoms with Crippen molar-refractivity contribution in [3.63, 3.8) is 0 Å². The molecule has 1 fully saturated rings. The van der Waals surface area contributed by atoms with Gasteiger partial charge in [-0.1, -0.05) is 33.2 Å². The summed E-state index contributed by atoms with van der Waals surface area (Å²) in [6.07, 6.45) is 4.52. The summed E-state index contributed by atoms with van der Waals surface area (Å²) in [7, 11) is 0. The van der Waals surface area contributed by atoms with Crippen LogP contribution in [0, 0.1) is 0 Å². The van der Waals surface area contributed by atoms with E-state index in [-0.39, 0.29) is 0 Å². The second kappa shape index (κ2) is 6.83. The third-order valence-electron chi connectivity index (χ3n) is 4.32. The van der Waals surface area contributed by atoms with Crippen molar-refractivity contribution in [2.75, 3.05) is 13.1 Å². The molecular formula is C18H17BrN4O. The molecule has 122 valence electrons. The van der Waals surface area contributed by atoms with Gasteiger partial charge in [0.25, 0.3) is 0 Å². The second-order valence-electron chi connectivity index (χ2n) is 6.04. The Labute approximate surface area is 148 Å². The van der Waals surface area contributed by atoms with E-state index in [0.29, 0.717) is 11.7 Å². The molecule has 4 rings (SSSR count). The van der Waals surface area contributed by atoms with Crippen molar-refractivity contribution >= 4 is 15.9 Å². The van der Waals surface area contributed by atoms with Crippen LogP contribution in [0.2, 0.25) is 0 Å². The summed E-state index contributed by atoms with van der Waals surface area (Å²) in [5.41, 5.74) is 2.26. The largest absolute Gasteiger partial charge is 0.339 e. The molecule has 0 amide bonds. The fraction of sp³-hybridized carbons (Fsp3) is 0.278. The number of hydrogen-bond acceptors (Lipinski definition) is 5. The summed E-state index contributed by atoms with van der Waals surface area (Å²) in [5.74, 6) is 1.68. The van der Waals surface area contributed by atoms with Gasteiger partial charge in [0.05, 0.1) is 5.92 Å². The molecule has 1 aliphatic rings. The molecule has 0 aliphatic carbocycles. The summed E-state index contributed by atoms with van der Waals surface area (Å²) < 4.78 is 6.61. The molecule has 1 aromatic carbocycles. The average Bonchev–Trinajstić information content (AvgIpc) is 3.27. The monoisotopic (exact) mass is 384 g/mol. The smallest absolute Gasteiger partial charge is 0.231 e. The van der Waals surface area contributed by atoms with E-state index in [0.717, 1.165) is 42.0 Å². The molecule has 0 N–H and O–H groups in total. The summed E-state index contributed by atoms with van der Waals surface area (Å²) in [6.45, 7) is 2.96. The molecule has 1 unspecified atom stereocenters. The molecule has 6 heteroatoms. The highest BCUT2D eigenvalue weighted by Gasteiger charge is 2.28. The van der Waals surface area contributed by atoms with Gasteiger partial charge in [0.15, 0.2) is 0 Å². The van der Waals surface area contributed by atoms with Crippen molar-refractivity contribution in [3.05, 3.63) is 64.7 Å². The predicted molar refractivity (Wildman–Crippen MR) is 94.3 cm³/mol. The molecule has 0 radical (unpaired) electrons. The topological polar surface area (TPSA) is 55.1 Å².